The van der Waals surface area contributed by atoms with Gasteiger partial charge in [0.2, 0.25) is 0 Å². The Morgan fingerprint density at radius 3 is 2.59 bits per heavy atom. The molecule has 3 rings (SSSR count). The fraction of sp³-hybridized carbons (Fsp3) is 0.0714. The zero-order valence-corrected chi connectivity index (χ0v) is 9.17. The first kappa shape index (κ1) is 10.1. The second kappa shape index (κ2) is 4.03. The lowest BCUT2D eigenvalue weighted by molar-refractivity contribution is 0.216. The van der Waals surface area contributed by atoms with Crippen LogP contribution in [0.15, 0.2) is 54.9 Å². The molecule has 0 saturated heterocycles. The molecule has 0 fully saturated rings. The first-order valence-corrected chi connectivity index (χ1v) is 5.50. The highest BCUT2D eigenvalue weighted by atomic mass is 16.3. The standard InChI is InChI=1S/C14H12N2O/c17-14(10-5-7-15-8-6-10)13-9-11-3-1-2-4-12(11)16-13/h1-9,14,16-17H. The third-order valence-electron chi connectivity index (χ3n) is 2.87. The lowest BCUT2D eigenvalue weighted by Gasteiger charge is -2.07. The number of hydrogen-bond donors (Lipinski definition) is 2. The number of pyridine rings is 1. The minimum absolute atomic E-state index is 0.634. The molecule has 84 valence electrons. The normalized spacial score (nSPS) is 12.8. The largest absolute Gasteiger partial charge is 0.382 e. The van der Waals surface area contributed by atoms with Gasteiger partial charge in [0, 0.05) is 23.6 Å². The molecule has 0 bridgehead atoms. The summed E-state index contributed by atoms with van der Waals surface area (Å²) in [4.78, 5) is 7.17. The second-order valence-electron chi connectivity index (χ2n) is 4.00. The van der Waals surface area contributed by atoms with E-state index in [1.165, 1.54) is 0 Å². The van der Waals surface area contributed by atoms with Crippen molar-refractivity contribution in [3.05, 3.63) is 66.1 Å². The number of H-pyrrole nitrogens is 1. The molecule has 2 N–H and O–H groups in total. The van der Waals surface area contributed by atoms with Crippen LogP contribution in [-0.2, 0) is 0 Å². The predicted molar refractivity (Wildman–Crippen MR) is 66.6 cm³/mol. The number of aromatic nitrogens is 2. The molecular weight excluding hydrogens is 212 g/mol. The van der Waals surface area contributed by atoms with Crippen LogP contribution < -0.4 is 0 Å². The quantitative estimate of drug-likeness (QED) is 0.703. The van der Waals surface area contributed by atoms with Gasteiger partial charge in [-0.3, -0.25) is 4.98 Å². The van der Waals surface area contributed by atoms with E-state index in [1.54, 1.807) is 12.4 Å². The van der Waals surface area contributed by atoms with Crippen LogP contribution in [0.25, 0.3) is 10.9 Å². The number of aromatic amines is 1. The van der Waals surface area contributed by atoms with E-state index in [4.69, 9.17) is 0 Å². The van der Waals surface area contributed by atoms with E-state index in [-0.39, 0.29) is 0 Å². The summed E-state index contributed by atoms with van der Waals surface area (Å²) in [6, 6.07) is 13.6. The number of nitrogens with one attached hydrogen (secondary N) is 1. The van der Waals surface area contributed by atoms with Crippen molar-refractivity contribution in [2.24, 2.45) is 0 Å². The van der Waals surface area contributed by atoms with E-state index in [9.17, 15) is 5.11 Å². The molecule has 0 aliphatic carbocycles. The number of para-hydroxylation sites is 1. The number of aliphatic hydroxyl groups excluding tert-OH is 1. The molecule has 0 amide bonds. The van der Waals surface area contributed by atoms with Gasteiger partial charge in [-0.05, 0) is 35.2 Å². The van der Waals surface area contributed by atoms with Crippen LogP contribution in [0.2, 0.25) is 0 Å². The molecule has 0 saturated carbocycles. The summed E-state index contributed by atoms with van der Waals surface area (Å²) in [7, 11) is 0. The minimum atomic E-state index is -0.634. The number of rotatable bonds is 2. The Kier molecular flexibility index (Phi) is 2.38. The molecule has 1 unspecified atom stereocenters. The van der Waals surface area contributed by atoms with E-state index < -0.39 is 6.10 Å². The highest BCUT2D eigenvalue weighted by molar-refractivity contribution is 5.80. The minimum Gasteiger partial charge on any atom is -0.382 e. The summed E-state index contributed by atoms with van der Waals surface area (Å²) in [5.41, 5.74) is 2.68. The van der Waals surface area contributed by atoms with Crippen molar-refractivity contribution in [2.45, 2.75) is 6.10 Å². The Hall–Kier alpha value is -2.13. The van der Waals surface area contributed by atoms with Gasteiger partial charge in [0.15, 0.2) is 0 Å². The Balaban J connectivity index is 2.04. The Morgan fingerprint density at radius 2 is 1.82 bits per heavy atom. The third-order valence-corrected chi connectivity index (χ3v) is 2.87. The molecule has 17 heavy (non-hydrogen) atoms. The van der Waals surface area contributed by atoms with Gasteiger partial charge >= 0.3 is 0 Å². The maximum absolute atomic E-state index is 10.2. The molecular formula is C14H12N2O. The fourth-order valence-corrected chi connectivity index (χ4v) is 1.97. The Labute approximate surface area is 98.8 Å². The number of hydrogen-bond acceptors (Lipinski definition) is 2. The van der Waals surface area contributed by atoms with Gasteiger partial charge in [0.25, 0.3) is 0 Å². The van der Waals surface area contributed by atoms with E-state index in [0.29, 0.717) is 0 Å². The summed E-state index contributed by atoms with van der Waals surface area (Å²) >= 11 is 0. The van der Waals surface area contributed by atoms with Crippen molar-refractivity contribution in [3.8, 4) is 0 Å². The third kappa shape index (κ3) is 1.81. The van der Waals surface area contributed by atoms with Crippen LogP contribution in [-0.4, -0.2) is 15.1 Å². The number of aliphatic hydroxyl groups is 1. The average molecular weight is 224 g/mol. The monoisotopic (exact) mass is 224 g/mol. The molecule has 3 heteroatoms. The molecule has 0 aliphatic rings. The predicted octanol–water partition coefficient (Wildman–Crippen LogP) is 2.64. The number of benzene rings is 1. The first-order chi connectivity index (χ1) is 8.34. The van der Waals surface area contributed by atoms with Crippen molar-refractivity contribution in [3.63, 3.8) is 0 Å². The maximum Gasteiger partial charge on any atom is 0.119 e. The van der Waals surface area contributed by atoms with Gasteiger partial charge < -0.3 is 10.1 Å². The number of fused-ring (bicyclic) bond motifs is 1. The van der Waals surface area contributed by atoms with Crippen molar-refractivity contribution < 1.29 is 5.11 Å². The van der Waals surface area contributed by atoms with Gasteiger partial charge in [-0.25, -0.2) is 0 Å². The molecule has 3 aromatic rings. The van der Waals surface area contributed by atoms with Crippen LogP contribution in [0.4, 0.5) is 0 Å². The average Bonchev–Trinajstić information content (AvgIpc) is 2.82. The highest BCUT2D eigenvalue weighted by Gasteiger charge is 2.12. The summed E-state index contributed by atoms with van der Waals surface area (Å²) < 4.78 is 0. The summed E-state index contributed by atoms with van der Waals surface area (Å²) in [5, 5.41) is 11.3. The molecule has 0 spiro atoms. The van der Waals surface area contributed by atoms with Crippen molar-refractivity contribution in [1.29, 1.82) is 0 Å². The molecule has 2 aromatic heterocycles. The lowest BCUT2D eigenvalue weighted by Crippen LogP contribution is -1.99. The summed E-state index contributed by atoms with van der Waals surface area (Å²) in [6.45, 7) is 0. The van der Waals surface area contributed by atoms with Gasteiger partial charge in [-0.1, -0.05) is 18.2 Å². The molecule has 2 heterocycles. The van der Waals surface area contributed by atoms with Crippen molar-refractivity contribution in [1.82, 2.24) is 9.97 Å². The fourth-order valence-electron chi connectivity index (χ4n) is 1.97. The van der Waals surface area contributed by atoms with Crippen LogP contribution in [0, 0.1) is 0 Å². The summed E-state index contributed by atoms with van der Waals surface area (Å²) in [5.74, 6) is 0. The smallest absolute Gasteiger partial charge is 0.119 e. The Bertz CT molecular complexity index is 598. The first-order valence-electron chi connectivity index (χ1n) is 5.50. The molecule has 3 nitrogen and oxygen atoms in total. The number of nitrogens with zero attached hydrogens (tertiary/aromatic N) is 1. The zero-order chi connectivity index (χ0) is 11.7. The molecule has 1 atom stereocenters. The molecule has 1 aromatic carbocycles. The van der Waals surface area contributed by atoms with Gasteiger partial charge in [-0.2, -0.15) is 0 Å². The van der Waals surface area contributed by atoms with Crippen LogP contribution in [0.5, 0.6) is 0 Å². The summed E-state index contributed by atoms with van der Waals surface area (Å²) in [6.07, 6.45) is 2.73. The van der Waals surface area contributed by atoms with E-state index in [1.807, 2.05) is 42.5 Å². The van der Waals surface area contributed by atoms with Gasteiger partial charge in [0.05, 0.1) is 0 Å². The SMILES string of the molecule is OC(c1ccncc1)c1cc2ccccc2[nH]1. The Morgan fingerprint density at radius 1 is 1.06 bits per heavy atom. The van der Waals surface area contributed by atoms with Crippen LogP contribution in [0.1, 0.15) is 17.4 Å². The van der Waals surface area contributed by atoms with Gasteiger partial charge in [0.1, 0.15) is 6.10 Å². The van der Waals surface area contributed by atoms with E-state index in [2.05, 4.69) is 9.97 Å². The van der Waals surface area contributed by atoms with E-state index in [0.717, 1.165) is 22.2 Å². The second-order valence-corrected chi connectivity index (χ2v) is 4.00. The van der Waals surface area contributed by atoms with Crippen LogP contribution >= 0.6 is 0 Å². The van der Waals surface area contributed by atoms with Crippen molar-refractivity contribution in [2.75, 3.05) is 0 Å². The van der Waals surface area contributed by atoms with E-state index >= 15 is 0 Å². The lowest BCUT2D eigenvalue weighted by atomic mass is 10.1. The van der Waals surface area contributed by atoms with Crippen LogP contribution in [0.3, 0.4) is 0 Å². The topological polar surface area (TPSA) is 48.9 Å². The molecule has 0 radical (unpaired) electrons. The zero-order valence-electron chi connectivity index (χ0n) is 9.17. The van der Waals surface area contributed by atoms with Crippen molar-refractivity contribution >= 4 is 10.9 Å². The maximum atomic E-state index is 10.2. The van der Waals surface area contributed by atoms with Gasteiger partial charge in [-0.15, -0.1) is 0 Å². The molecule has 0 aliphatic heterocycles. The highest BCUT2D eigenvalue weighted by Crippen LogP contribution is 2.24.